The minimum atomic E-state index is -4.38. The third-order valence-corrected chi connectivity index (χ3v) is 3.78. The van der Waals surface area contributed by atoms with Crippen LogP contribution in [0.1, 0.15) is 24.0 Å². The molecule has 0 saturated carbocycles. The zero-order valence-electron chi connectivity index (χ0n) is 11.7. The molecule has 3 rings (SSSR count). The van der Waals surface area contributed by atoms with Gasteiger partial charge in [0.1, 0.15) is 5.82 Å². The first kappa shape index (κ1) is 14.0. The van der Waals surface area contributed by atoms with Crippen LogP contribution in [0.2, 0.25) is 0 Å². The summed E-state index contributed by atoms with van der Waals surface area (Å²) in [6.07, 6.45) is -1.67. The zero-order chi connectivity index (χ0) is 15.0. The molecule has 2 aromatic rings. The van der Waals surface area contributed by atoms with E-state index in [2.05, 4.69) is 10.4 Å². The van der Waals surface area contributed by atoms with Gasteiger partial charge < -0.3 is 5.32 Å². The lowest BCUT2D eigenvalue weighted by Crippen LogP contribution is -2.07. The maximum absolute atomic E-state index is 13.2. The summed E-state index contributed by atoms with van der Waals surface area (Å²) >= 11 is 0. The van der Waals surface area contributed by atoms with Crippen LogP contribution in [-0.4, -0.2) is 16.3 Å². The molecule has 3 nitrogen and oxygen atoms in total. The Kier molecular flexibility index (Phi) is 3.39. The van der Waals surface area contributed by atoms with Crippen LogP contribution in [0.5, 0.6) is 0 Å². The fourth-order valence-electron chi connectivity index (χ4n) is 2.81. The molecule has 1 aliphatic heterocycles. The van der Waals surface area contributed by atoms with E-state index in [1.165, 1.54) is 12.1 Å². The molecule has 0 amide bonds. The van der Waals surface area contributed by atoms with Gasteiger partial charge in [-0.25, -0.2) is 0 Å². The largest absolute Gasteiger partial charge is 0.417 e. The number of hydrogen-bond donors (Lipinski definition) is 1. The summed E-state index contributed by atoms with van der Waals surface area (Å²) in [4.78, 5) is 0. The van der Waals surface area contributed by atoms with Crippen LogP contribution < -0.4 is 5.32 Å². The molecule has 1 aromatic carbocycles. The van der Waals surface area contributed by atoms with Crippen molar-refractivity contribution in [2.75, 3.05) is 11.9 Å². The Balaban J connectivity index is 2.18. The predicted molar refractivity (Wildman–Crippen MR) is 75.1 cm³/mol. The van der Waals surface area contributed by atoms with Gasteiger partial charge in [-0.15, -0.1) is 0 Å². The first-order valence-corrected chi connectivity index (χ1v) is 6.95. The Bertz CT molecular complexity index is 659. The molecule has 112 valence electrons. The van der Waals surface area contributed by atoms with E-state index in [1.54, 1.807) is 17.8 Å². The number of fused-ring (bicyclic) bond motifs is 1. The van der Waals surface area contributed by atoms with Gasteiger partial charge in [0.25, 0.3) is 0 Å². The second-order valence-electron chi connectivity index (χ2n) is 5.23. The third kappa shape index (κ3) is 2.50. The zero-order valence-corrected chi connectivity index (χ0v) is 11.7. The summed E-state index contributed by atoms with van der Waals surface area (Å²) in [6.45, 7) is 0.826. The molecule has 2 heterocycles. The number of benzene rings is 1. The molecule has 21 heavy (non-hydrogen) atoms. The van der Waals surface area contributed by atoms with Gasteiger partial charge >= 0.3 is 6.18 Å². The molecule has 0 unspecified atom stereocenters. The van der Waals surface area contributed by atoms with E-state index in [-0.39, 0.29) is 5.56 Å². The minimum absolute atomic E-state index is 0.158. The van der Waals surface area contributed by atoms with Crippen molar-refractivity contribution in [3.05, 3.63) is 35.4 Å². The standard InChI is InChI=1S/C15H16F3N3/c1-21-14-11(7-4-5-9-19-14)13(20-21)10-6-2-3-8-12(10)15(16,17)18/h2-3,6,8,19H,4-5,7,9H2,1H3. The van der Waals surface area contributed by atoms with Crippen LogP contribution in [0.15, 0.2) is 24.3 Å². The van der Waals surface area contributed by atoms with Gasteiger partial charge in [0.2, 0.25) is 0 Å². The van der Waals surface area contributed by atoms with Crippen molar-refractivity contribution in [1.29, 1.82) is 0 Å². The predicted octanol–water partition coefficient (Wildman–Crippen LogP) is 3.85. The van der Waals surface area contributed by atoms with E-state index in [0.717, 1.165) is 43.3 Å². The summed E-state index contributed by atoms with van der Waals surface area (Å²) in [5.74, 6) is 0.833. The lowest BCUT2D eigenvalue weighted by atomic mass is 9.99. The van der Waals surface area contributed by atoms with Gasteiger partial charge in [-0.2, -0.15) is 18.3 Å². The maximum Gasteiger partial charge on any atom is 0.417 e. The molecule has 0 spiro atoms. The van der Waals surface area contributed by atoms with Gasteiger partial charge in [-0.05, 0) is 25.3 Å². The van der Waals surface area contributed by atoms with Crippen LogP contribution in [0.4, 0.5) is 19.0 Å². The molecule has 0 fully saturated rings. The van der Waals surface area contributed by atoms with Crippen LogP contribution in [0.25, 0.3) is 11.3 Å². The van der Waals surface area contributed by atoms with Gasteiger partial charge in [0.05, 0.1) is 11.3 Å². The summed E-state index contributed by atoms with van der Waals surface area (Å²) in [5, 5.41) is 7.59. The number of aryl methyl sites for hydroxylation is 1. The Morgan fingerprint density at radius 2 is 1.95 bits per heavy atom. The first-order valence-electron chi connectivity index (χ1n) is 6.95. The quantitative estimate of drug-likeness (QED) is 0.866. The molecule has 6 heteroatoms. The molecule has 1 aromatic heterocycles. The molecular weight excluding hydrogens is 279 g/mol. The molecule has 1 N–H and O–H groups in total. The SMILES string of the molecule is Cn1nc(-c2ccccc2C(F)(F)F)c2c1NCCCC2. The fourth-order valence-corrected chi connectivity index (χ4v) is 2.81. The highest BCUT2D eigenvalue weighted by atomic mass is 19.4. The maximum atomic E-state index is 13.2. The Morgan fingerprint density at radius 1 is 1.19 bits per heavy atom. The second-order valence-corrected chi connectivity index (χ2v) is 5.23. The summed E-state index contributed by atoms with van der Waals surface area (Å²) in [6, 6.07) is 5.64. The Hall–Kier alpha value is -1.98. The Labute approximate surface area is 120 Å². The minimum Gasteiger partial charge on any atom is -0.370 e. The summed E-state index contributed by atoms with van der Waals surface area (Å²) in [7, 11) is 1.76. The lowest BCUT2D eigenvalue weighted by molar-refractivity contribution is -0.137. The van der Waals surface area contributed by atoms with Gasteiger partial charge in [0, 0.05) is 24.7 Å². The van der Waals surface area contributed by atoms with Crippen LogP contribution in [0.3, 0.4) is 0 Å². The van der Waals surface area contributed by atoms with E-state index >= 15 is 0 Å². The highest BCUT2D eigenvalue weighted by molar-refractivity contribution is 5.72. The van der Waals surface area contributed by atoms with Crippen molar-refractivity contribution in [3.63, 3.8) is 0 Å². The van der Waals surface area contributed by atoms with Gasteiger partial charge in [-0.1, -0.05) is 18.2 Å². The lowest BCUT2D eigenvalue weighted by Gasteiger charge is -2.12. The van der Waals surface area contributed by atoms with E-state index in [0.29, 0.717) is 5.69 Å². The number of rotatable bonds is 1. The van der Waals surface area contributed by atoms with Crippen LogP contribution in [0, 0.1) is 0 Å². The number of hydrogen-bond acceptors (Lipinski definition) is 2. The van der Waals surface area contributed by atoms with E-state index in [1.807, 2.05) is 0 Å². The molecule has 0 radical (unpaired) electrons. The topological polar surface area (TPSA) is 29.9 Å². The van der Waals surface area contributed by atoms with E-state index < -0.39 is 11.7 Å². The highest BCUT2D eigenvalue weighted by Crippen LogP contribution is 2.39. The highest BCUT2D eigenvalue weighted by Gasteiger charge is 2.35. The molecule has 0 atom stereocenters. The number of nitrogens with zero attached hydrogens (tertiary/aromatic N) is 2. The van der Waals surface area contributed by atoms with Crippen molar-refractivity contribution in [2.45, 2.75) is 25.4 Å². The monoisotopic (exact) mass is 295 g/mol. The molecule has 0 aliphatic carbocycles. The molecule has 1 aliphatic rings. The normalized spacial score (nSPS) is 15.2. The fraction of sp³-hybridized carbons (Fsp3) is 0.400. The van der Waals surface area contributed by atoms with Crippen molar-refractivity contribution in [2.24, 2.45) is 7.05 Å². The number of nitrogens with one attached hydrogen (secondary N) is 1. The molecule has 0 bridgehead atoms. The molecular formula is C15H16F3N3. The average Bonchev–Trinajstić information content (AvgIpc) is 2.64. The van der Waals surface area contributed by atoms with Crippen LogP contribution in [-0.2, 0) is 19.6 Å². The van der Waals surface area contributed by atoms with Gasteiger partial charge in [0.15, 0.2) is 0 Å². The number of halogens is 3. The Morgan fingerprint density at radius 3 is 2.71 bits per heavy atom. The summed E-state index contributed by atoms with van der Waals surface area (Å²) in [5.41, 5.74) is 0.849. The smallest absolute Gasteiger partial charge is 0.370 e. The van der Waals surface area contributed by atoms with Crippen molar-refractivity contribution in [3.8, 4) is 11.3 Å². The van der Waals surface area contributed by atoms with E-state index in [4.69, 9.17) is 0 Å². The van der Waals surface area contributed by atoms with Gasteiger partial charge in [-0.3, -0.25) is 4.68 Å². The summed E-state index contributed by atoms with van der Waals surface area (Å²) < 4.78 is 41.3. The number of anilines is 1. The van der Waals surface area contributed by atoms with Crippen molar-refractivity contribution < 1.29 is 13.2 Å². The number of aromatic nitrogens is 2. The second kappa shape index (κ2) is 5.09. The van der Waals surface area contributed by atoms with E-state index in [9.17, 15) is 13.2 Å². The molecule has 0 saturated heterocycles. The first-order chi connectivity index (χ1) is 9.98. The van der Waals surface area contributed by atoms with Crippen molar-refractivity contribution in [1.82, 2.24) is 9.78 Å². The number of alkyl halides is 3. The third-order valence-electron chi connectivity index (χ3n) is 3.78. The van der Waals surface area contributed by atoms with Crippen molar-refractivity contribution >= 4 is 5.82 Å². The average molecular weight is 295 g/mol. The van der Waals surface area contributed by atoms with Crippen LogP contribution >= 0.6 is 0 Å².